The van der Waals surface area contributed by atoms with E-state index in [1.54, 1.807) is 0 Å². The number of carbonyl (C=O) groups is 2. The van der Waals surface area contributed by atoms with Gasteiger partial charge in [0, 0.05) is 13.1 Å². The third-order valence-electron chi connectivity index (χ3n) is 1.25. The summed E-state index contributed by atoms with van der Waals surface area (Å²) < 4.78 is 0. The molecule has 0 unspecified atom stereocenters. The van der Waals surface area contributed by atoms with Gasteiger partial charge >= 0.3 is 0 Å². The first-order valence-corrected chi connectivity index (χ1v) is 3.94. The van der Waals surface area contributed by atoms with Gasteiger partial charge < -0.3 is 30.4 Å². The molecule has 0 fully saturated rings. The van der Waals surface area contributed by atoms with Gasteiger partial charge in [-0.1, -0.05) is 0 Å². The van der Waals surface area contributed by atoms with E-state index in [1.807, 2.05) is 0 Å². The fourth-order valence-corrected chi connectivity index (χ4v) is 0.719. The van der Waals surface area contributed by atoms with Gasteiger partial charge in [0.05, 0.1) is 11.9 Å². The molecule has 0 bridgehead atoms. The number of rotatable bonds is 8. The highest BCUT2D eigenvalue weighted by Crippen LogP contribution is 1.71. The van der Waals surface area contributed by atoms with Crippen LogP contribution in [0.15, 0.2) is 0 Å². The van der Waals surface area contributed by atoms with E-state index in [0.717, 1.165) is 0 Å². The molecule has 0 amide bonds. The van der Waals surface area contributed by atoms with E-state index in [1.165, 1.54) is 0 Å². The Kier molecular flexibility index (Phi) is 6.85. The molecular weight excluding hydrogens is 176 g/mol. The Bertz CT molecular complexity index is 154. The summed E-state index contributed by atoms with van der Waals surface area (Å²) in [6.07, 6.45) is 0.653. The molecule has 0 aliphatic rings. The summed E-state index contributed by atoms with van der Waals surface area (Å²) in [5.41, 5.74) is 0. The van der Waals surface area contributed by atoms with Crippen LogP contribution in [-0.4, -0.2) is 38.1 Å². The second-order valence-corrected chi connectivity index (χ2v) is 2.45. The monoisotopic (exact) mass is 188 g/mol. The van der Waals surface area contributed by atoms with Crippen molar-refractivity contribution in [1.29, 1.82) is 0 Å². The third-order valence-corrected chi connectivity index (χ3v) is 1.25. The lowest BCUT2D eigenvalue weighted by atomic mass is 10.4. The molecule has 0 aromatic carbocycles. The molecule has 0 radical (unpaired) electrons. The highest BCUT2D eigenvalue weighted by molar-refractivity contribution is 5.66. The Morgan fingerprint density at radius 3 is 1.62 bits per heavy atom. The predicted octanol–water partition coefficient (Wildman–Crippen LogP) is -3.94. The van der Waals surface area contributed by atoms with Crippen molar-refractivity contribution in [3.05, 3.63) is 0 Å². The average Bonchev–Trinajstić information content (AvgIpc) is 2.01. The number of hydrogen-bond acceptors (Lipinski definition) is 6. The van der Waals surface area contributed by atoms with E-state index >= 15 is 0 Å². The molecule has 0 saturated carbocycles. The van der Waals surface area contributed by atoms with Gasteiger partial charge in [0.2, 0.25) is 0 Å². The molecule has 0 aromatic rings. The molecule has 13 heavy (non-hydrogen) atoms. The van der Waals surface area contributed by atoms with Crippen molar-refractivity contribution >= 4 is 11.9 Å². The van der Waals surface area contributed by atoms with Crippen LogP contribution in [0.3, 0.4) is 0 Å². The van der Waals surface area contributed by atoms with E-state index in [2.05, 4.69) is 10.6 Å². The van der Waals surface area contributed by atoms with E-state index in [4.69, 9.17) is 0 Å². The molecule has 0 rings (SSSR count). The molecule has 0 saturated heterocycles. The topological polar surface area (TPSA) is 104 Å². The fourth-order valence-electron chi connectivity index (χ4n) is 0.719. The van der Waals surface area contributed by atoms with E-state index in [0.29, 0.717) is 19.5 Å². The van der Waals surface area contributed by atoms with Gasteiger partial charge in [0.15, 0.2) is 0 Å². The summed E-state index contributed by atoms with van der Waals surface area (Å²) in [4.78, 5) is 19.8. The van der Waals surface area contributed by atoms with Crippen molar-refractivity contribution in [2.45, 2.75) is 6.42 Å². The molecule has 0 aliphatic carbocycles. The van der Waals surface area contributed by atoms with Gasteiger partial charge in [-0.2, -0.15) is 0 Å². The average molecular weight is 188 g/mol. The largest absolute Gasteiger partial charge is 0.549 e. The van der Waals surface area contributed by atoms with Crippen LogP contribution in [0.4, 0.5) is 0 Å². The van der Waals surface area contributed by atoms with Gasteiger partial charge in [-0.3, -0.25) is 0 Å². The zero-order valence-corrected chi connectivity index (χ0v) is 7.17. The smallest absolute Gasteiger partial charge is 0.0552 e. The Labute approximate surface area is 75.9 Å². The maximum atomic E-state index is 9.90. The number of aliphatic carboxylic acids is 2. The normalized spacial score (nSPS) is 9.85. The molecule has 0 aliphatic heterocycles. The quantitative estimate of drug-likeness (QED) is 0.377. The summed E-state index contributed by atoms with van der Waals surface area (Å²) >= 11 is 0. The SMILES string of the molecule is O=C([O-])CNCCCNCC(=O)[O-]. The summed E-state index contributed by atoms with van der Waals surface area (Å²) in [6.45, 7) is 0.656. The number of carbonyl (C=O) groups excluding carboxylic acids is 2. The lowest BCUT2D eigenvalue weighted by Gasteiger charge is -2.06. The van der Waals surface area contributed by atoms with Crippen LogP contribution in [0.1, 0.15) is 6.42 Å². The van der Waals surface area contributed by atoms with Crippen molar-refractivity contribution in [3.63, 3.8) is 0 Å². The lowest BCUT2D eigenvalue weighted by Crippen LogP contribution is -2.37. The van der Waals surface area contributed by atoms with Crippen LogP contribution in [0.25, 0.3) is 0 Å². The molecule has 0 aromatic heterocycles. The van der Waals surface area contributed by atoms with Crippen molar-refractivity contribution in [2.75, 3.05) is 26.2 Å². The van der Waals surface area contributed by atoms with Crippen LogP contribution in [-0.2, 0) is 9.59 Å². The standard InChI is InChI=1S/C7H14N2O4/c10-6(11)4-8-2-1-3-9-5-7(12)13/h8-9H,1-5H2,(H,10,11)(H,12,13)/p-2. The zero-order chi connectivity index (χ0) is 10.1. The summed E-state index contributed by atoms with van der Waals surface area (Å²) in [6, 6.07) is 0. The Balaban J connectivity index is 3.00. The van der Waals surface area contributed by atoms with Crippen LogP contribution < -0.4 is 20.8 Å². The first kappa shape index (κ1) is 11.9. The molecule has 0 atom stereocenters. The maximum absolute atomic E-state index is 9.90. The van der Waals surface area contributed by atoms with Gasteiger partial charge in [-0.25, -0.2) is 0 Å². The molecule has 6 nitrogen and oxygen atoms in total. The minimum absolute atomic E-state index is 0.180. The second kappa shape index (κ2) is 7.51. The lowest BCUT2D eigenvalue weighted by molar-refractivity contribution is -0.305. The minimum atomic E-state index is -1.15. The highest BCUT2D eigenvalue weighted by Gasteiger charge is 1.89. The van der Waals surface area contributed by atoms with E-state index < -0.39 is 11.9 Å². The summed E-state index contributed by atoms with van der Waals surface area (Å²) in [7, 11) is 0. The molecule has 0 spiro atoms. The molecule has 6 heteroatoms. The maximum Gasteiger partial charge on any atom is 0.0552 e. The van der Waals surface area contributed by atoms with Crippen molar-refractivity contribution in [2.24, 2.45) is 0 Å². The van der Waals surface area contributed by atoms with E-state index in [-0.39, 0.29) is 13.1 Å². The summed E-state index contributed by atoms with van der Waals surface area (Å²) in [5.74, 6) is -2.30. The first-order valence-electron chi connectivity index (χ1n) is 3.94. The Morgan fingerprint density at radius 1 is 0.923 bits per heavy atom. The van der Waals surface area contributed by atoms with Crippen molar-refractivity contribution in [3.8, 4) is 0 Å². The Hall–Kier alpha value is -1.14. The van der Waals surface area contributed by atoms with Crippen molar-refractivity contribution < 1.29 is 19.8 Å². The number of hydrogen-bond donors (Lipinski definition) is 2. The highest BCUT2D eigenvalue weighted by atomic mass is 16.4. The molecule has 0 heterocycles. The van der Waals surface area contributed by atoms with E-state index in [9.17, 15) is 19.8 Å². The molecular formula is C7H12N2O4-2. The van der Waals surface area contributed by atoms with Gasteiger partial charge in [0.25, 0.3) is 0 Å². The van der Waals surface area contributed by atoms with Crippen LogP contribution in [0.2, 0.25) is 0 Å². The van der Waals surface area contributed by atoms with Crippen molar-refractivity contribution in [1.82, 2.24) is 10.6 Å². The van der Waals surface area contributed by atoms with Gasteiger partial charge in [-0.05, 0) is 19.5 Å². The van der Waals surface area contributed by atoms with Gasteiger partial charge in [0.1, 0.15) is 0 Å². The van der Waals surface area contributed by atoms with Crippen LogP contribution in [0, 0.1) is 0 Å². The molecule has 2 N–H and O–H groups in total. The predicted molar refractivity (Wildman–Crippen MR) is 40.4 cm³/mol. The van der Waals surface area contributed by atoms with Crippen LogP contribution in [0.5, 0.6) is 0 Å². The number of nitrogens with one attached hydrogen (secondary N) is 2. The third kappa shape index (κ3) is 10.9. The van der Waals surface area contributed by atoms with Crippen LogP contribution >= 0.6 is 0 Å². The first-order chi connectivity index (χ1) is 6.13. The second-order valence-electron chi connectivity index (χ2n) is 2.45. The zero-order valence-electron chi connectivity index (χ0n) is 7.17. The minimum Gasteiger partial charge on any atom is -0.549 e. The Morgan fingerprint density at radius 2 is 1.31 bits per heavy atom. The molecule has 76 valence electrons. The fraction of sp³-hybridized carbons (Fsp3) is 0.714. The van der Waals surface area contributed by atoms with Gasteiger partial charge in [-0.15, -0.1) is 0 Å². The number of carboxylic acid groups (broad SMARTS) is 2. The summed E-state index contributed by atoms with van der Waals surface area (Å²) in [5, 5.41) is 25.0. The number of carboxylic acids is 2.